The summed E-state index contributed by atoms with van der Waals surface area (Å²) in [6, 6.07) is 0.00945. The summed E-state index contributed by atoms with van der Waals surface area (Å²) in [4.78, 5) is 16.6. The molecule has 0 radical (unpaired) electrons. The van der Waals surface area contributed by atoms with Crippen LogP contribution in [0.15, 0.2) is 11.0 Å². The van der Waals surface area contributed by atoms with Gasteiger partial charge in [0.05, 0.1) is 17.9 Å². The van der Waals surface area contributed by atoms with E-state index in [9.17, 15) is 4.79 Å². The molecule has 1 fully saturated rings. The van der Waals surface area contributed by atoms with Crippen molar-refractivity contribution >= 4 is 17.3 Å². The molecule has 0 aromatic carbocycles. The molecule has 1 saturated heterocycles. The molecule has 2 heterocycles. The molecule has 1 aromatic rings. The number of piperazine rings is 1. The zero-order valence-electron chi connectivity index (χ0n) is 13.0. The summed E-state index contributed by atoms with van der Waals surface area (Å²) >= 11 is 6.22. The van der Waals surface area contributed by atoms with E-state index in [1.165, 1.54) is 4.68 Å². The van der Waals surface area contributed by atoms with Gasteiger partial charge in [-0.1, -0.05) is 11.6 Å². The van der Waals surface area contributed by atoms with Gasteiger partial charge in [0.2, 0.25) is 0 Å². The van der Waals surface area contributed by atoms with Crippen LogP contribution in [0.5, 0.6) is 0 Å². The first kappa shape index (κ1) is 16.3. The smallest absolute Gasteiger partial charge is 0.287 e. The highest BCUT2D eigenvalue weighted by Gasteiger charge is 2.15. The number of anilines is 1. The summed E-state index contributed by atoms with van der Waals surface area (Å²) in [6.07, 6.45) is 1.68. The maximum atomic E-state index is 12.2. The first-order valence-corrected chi connectivity index (χ1v) is 7.80. The molecule has 0 spiro atoms. The van der Waals surface area contributed by atoms with Crippen LogP contribution in [0.4, 0.5) is 5.69 Å². The molecule has 0 amide bonds. The summed E-state index contributed by atoms with van der Waals surface area (Å²) in [5, 5.41) is 7.80. The summed E-state index contributed by atoms with van der Waals surface area (Å²) in [5.74, 6) is 0. The molecule has 0 aliphatic carbocycles. The lowest BCUT2D eigenvalue weighted by Gasteiger charge is -2.29. The fourth-order valence-corrected chi connectivity index (χ4v) is 2.70. The number of likely N-dealkylation sites (N-methyl/N-ethyl adjacent to an activating group) is 1. The van der Waals surface area contributed by atoms with E-state index in [4.69, 9.17) is 11.6 Å². The van der Waals surface area contributed by atoms with E-state index < -0.39 is 0 Å². The molecule has 0 bridgehead atoms. The van der Waals surface area contributed by atoms with Crippen LogP contribution in [0.2, 0.25) is 5.02 Å². The first-order chi connectivity index (χ1) is 10.0. The lowest BCUT2D eigenvalue weighted by Crippen LogP contribution is -2.46. The second-order valence-electron chi connectivity index (χ2n) is 5.70. The number of halogens is 1. The van der Waals surface area contributed by atoms with Crippen LogP contribution in [0.1, 0.15) is 19.9 Å². The Morgan fingerprint density at radius 3 is 2.71 bits per heavy atom. The minimum Gasteiger partial charge on any atom is -0.371 e. The van der Waals surface area contributed by atoms with Crippen molar-refractivity contribution in [2.24, 2.45) is 0 Å². The van der Waals surface area contributed by atoms with Crippen molar-refractivity contribution in [2.45, 2.75) is 19.9 Å². The molecule has 0 saturated carbocycles. The summed E-state index contributed by atoms with van der Waals surface area (Å²) < 4.78 is 1.41. The molecule has 1 N–H and O–H groups in total. The minimum atomic E-state index is -0.224. The van der Waals surface area contributed by atoms with E-state index in [0.717, 1.165) is 39.3 Å². The minimum absolute atomic E-state index is 0.00945. The number of hydrogen-bond acceptors (Lipinski definition) is 5. The summed E-state index contributed by atoms with van der Waals surface area (Å²) in [5.41, 5.74) is 0.479. The lowest BCUT2D eigenvalue weighted by atomic mass is 10.3. The second kappa shape index (κ2) is 7.24. The van der Waals surface area contributed by atoms with E-state index in [1.54, 1.807) is 6.20 Å². The van der Waals surface area contributed by atoms with Gasteiger partial charge in [-0.3, -0.25) is 9.69 Å². The Morgan fingerprint density at radius 2 is 2.10 bits per heavy atom. The molecule has 7 heteroatoms. The van der Waals surface area contributed by atoms with E-state index in [-0.39, 0.29) is 16.6 Å². The van der Waals surface area contributed by atoms with Gasteiger partial charge in [-0.25, -0.2) is 4.68 Å². The zero-order valence-corrected chi connectivity index (χ0v) is 13.7. The highest BCUT2D eigenvalue weighted by atomic mass is 35.5. The van der Waals surface area contributed by atoms with Gasteiger partial charge in [-0.05, 0) is 13.8 Å². The number of aromatic nitrogens is 2. The Bertz CT molecular complexity index is 525. The maximum absolute atomic E-state index is 12.2. The number of nitrogens with zero attached hydrogens (tertiary/aromatic N) is 4. The topological polar surface area (TPSA) is 53.4 Å². The molecule has 6 nitrogen and oxygen atoms in total. The van der Waals surface area contributed by atoms with Crippen LogP contribution in [0.25, 0.3) is 0 Å². The molecule has 1 aromatic heterocycles. The van der Waals surface area contributed by atoms with Gasteiger partial charge in [-0.2, -0.15) is 5.10 Å². The van der Waals surface area contributed by atoms with Crippen molar-refractivity contribution in [3.8, 4) is 0 Å². The van der Waals surface area contributed by atoms with Crippen LogP contribution >= 0.6 is 11.6 Å². The summed E-state index contributed by atoms with van der Waals surface area (Å²) in [6.45, 7) is 9.82. The third kappa shape index (κ3) is 3.96. The van der Waals surface area contributed by atoms with Crippen molar-refractivity contribution in [1.29, 1.82) is 0 Å². The molecule has 118 valence electrons. The van der Waals surface area contributed by atoms with Crippen molar-refractivity contribution < 1.29 is 0 Å². The molecular formula is C14H24ClN5O. The Hall–Kier alpha value is -1.11. The molecule has 1 aliphatic rings. The summed E-state index contributed by atoms with van der Waals surface area (Å²) in [7, 11) is 1.95. The van der Waals surface area contributed by atoms with Gasteiger partial charge in [0, 0.05) is 46.3 Å². The van der Waals surface area contributed by atoms with E-state index >= 15 is 0 Å². The van der Waals surface area contributed by atoms with E-state index in [0.29, 0.717) is 5.69 Å². The number of hydrogen-bond donors (Lipinski definition) is 1. The average molecular weight is 314 g/mol. The van der Waals surface area contributed by atoms with Gasteiger partial charge < -0.3 is 10.2 Å². The van der Waals surface area contributed by atoms with Crippen molar-refractivity contribution in [3.63, 3.8) is 0 Å². The fraction of sp³-hybridized carbons (Fsp3) is 0.714. The predicted molar refractivity (Wildman–Crippen MR) is 86.5 cm³/mol. The monoisotopic (exact) mass is 313 g/mol. The fourth-order valence-electron chi connectivity index (χ4n) is 2.42. The molecule has 0 unspecified atom stereocenters. The Kier molecular flexibility index (Phi) is 5.61. The quantitative estimate of drug-likeness (QED) is 0.872. The Labute approximate surface area is 130 Å². The van der Waals surface area contributed by atoms with Crippen LogP contribution in [0, 0.1) is 0 Å². The van der Waals surface area contributed by atoms with Crippen molar-refractivity contribution in [2.75, 3.05) is 51.2 Å². The number of rotatable bonds is 5. The SMILES string of the molecule is CC(C)n1ncc(N(C)CCN2CCNCC2)c(Cl)c1=O. The van der Waals surface area contributed by atoms with E-state index in [1.807, 2.05) is 25.8 Å². The van der Waals surface area contributed by atoms with Crippen LogP contribution < -0.4 is 15.8 Å². The van der Waals surface area contributed by atoms with E-state index in [2.05, 4.69) is 15.3 Å². The average Bonchev–Trinajstić information content (AvgIpc) is 2.48. The van der Waals surface area contributed by atoms with Gasteiger partial charge in [0.25, 0.3) is 5.56 Å². The largest absolute Gasteiger partial charge is 0.371 e. The molecule has 0 atom stereocenters. The molecule has 21 heavy (non-hydrogen) atoms. The number of nitrogens with one attached hydrogen (secondary N) is 1. The van der Waals surface area contributed by atoms with Crippen molar-refractivity contribution in [1.82, 2.24) is 20.0 Å². The third-order valence-corrected chi connectivity index (χ3v) is 4.14. The van der Waals surface area contributed by atoms with Gasteiger partial charge >= 0.3 is 0 Å². The zero-order chi connectivity index (χ0) is 15.4. The highest BCUT2D eigenvalue weighted by Crippen LogP contribution is 2.20. The van der Waals surface area contributed by atoms with Gasteiger partial charge in [-0.15, -0.1) is 0 Å². The second-order valence-corrected chi connectivity index (χ2v) is 6.08. The highest BCUT2D eigenvalue weighted by molar-refractivity contribution is 6.33. The molecular weight excluding hydrogens is 290 g/mol. The van der Waals surface area contributed by atoms with Crippen LogP contribution in [0.3, 0.4) is 0 Å². The lowest BCUT2D eigenvalue weighted by molar-refractivity contribution is 0.246. The third-order valence-electron chi connectivity index (χ3n) is 3.79. The predicted octanol–water partition coefficient (Wildman–Crippen LogP) is 0.819. The van der Waals surface area contributed by atoms with Gasteiger partial charge in [0.15, 0.2) is 0 Å². The maximum Gasteiger partial charge on any atom is 0.287 e. The normalized spacial score (nSPS) is 16.4. The first-order valence-electron chi connectivity index (χ1n) is 7.42. The standard InChI is InChI=1S/C14H24ClN5O/c1-11(2)20-14(21)13(15)12(10-17-20)18(3)8-9-19-6-4-16-5-7-19/h10-11,16H,4-9H2,1-3H3. The van der Waals surface area contributed by atoms with Gasteiger partial charge in [0.1, 0.15) is 5.02 Å². The molecule has 2 rings (SSSR count). The molecule has 1 aliphatic heterocycles. The Morgan fingerprint density at radius 1 is 1.43 bits per heavy atom. The Balaban J connectivity index is 2.03. The van der Waals surface area contributed by atoms with Crippen LogP contribution in [-0.2, 0) is 0 Å². The van der Waals surface area contributed by atoms with Crippen molar-refractivity contribution in [3.05, 3.63) is 21.6 Å². The van der Waals surface area contributed by atoms with Crippen LogP contribution in [-0.4, -0.2) is 61.0 Å².